The van der Waals surface area contributed by atoms with Gasteiger partial charge in [0, 0.05) is 50.2 Å². The summed E-state index contributed by atoms with van der Waals surface area (Å²) in [6, 6.07) is 37.5. The van der Waals surface area contributed by atoms with E-state index in [2.05, 4.69) is 61.6 Å². The number of carbonyl (C=O) groups excluding carboxylic acids is 2. The second-order valence-corrected chi connectivity index (χ2v) is 19.6. The van der Waals surface area contributed by atoms with Crippen LogP contribution in [0.3, 0.4) is 0 Å². The molecule has 0 aliphatic carbocycles. The Morgan fingerprint density at radius 2 is 1.38 bits per heavy atom. The highest BCUT2D eigenvalue weighted by Gasteiger charge is 2.40. The monoisotopic (exact) mass is 951 g/mol. The van der Waals surface area contributed by atoms with Gasteiger partial charge >= 0.3 is 12.1 Å². The molecule has 1 unspecified atom stereocenters. The van der Waals surface area contributed by atoms with Gasteiger partial charge in [-0.3, -0.25) is 19.0 Å². The van der Waals surface area contributed by atoms with E-state index in [1.54, 1.807) is 69.6 Å². The second kappa shape index (κ2) is 20.8. The number of nitrogens with one attached hydrogen (secondary N) is 4. The molecule has 16 heteroatoms. The molecule has 15 nitrogen and oxygen atoms in total. The van der Waals surface area contributed by atoms with Gasteiger partial charge in [-0.15, -0.1) is 0 Å². The molecular formula is C53H57N7O8S. The number of sulfonamides is 1. The van der Waals surface area contributed by atoms with Gasteiger partial charge in [0.1, 0.15) is 22.7 Å². The Morgan fingerprint density at radius 1 is 0.797 bits per heavy atom. The Kier molecular flexibility index (Phi) is 14.8. The molecule has 0 radical (unpaired) electrons. The molecule has 0 spiro atoms. The van der Waals surface area contributed by atoms with Crippen molar-refractivity contribution in [2.75, 3.05) is 18.4 Å². The number of aliphatic carboxylic acids is 1. The molecule has 7 aromatic rings. The number of ether oxygens (including phenoxy) is 1. The number of carboxylic acid groups (broad SMARTS) is 1. The number of imidazole rings is 1. The lowest BCUT2D eigenvalue weighted by Crippen LogP contribution is -2.49. The molecule has 0 aliphatic rings. The minimum atomic E-state index is -4.34. The molecule has 2 amide bonds. The first-order chi connectivity index (χ1) is 32.9. The first-order valence-electron chi connectivity index (χ1n) is 22.6. The number of fused-ring (bicyclic) bond motifs is 1. The predicted octanol–water partition coefficient (Wildman–Crippen LogP) is 7.65. The maximum Gasteiger partial charge on any atom is 0.407 e. The van der Waals surface area contributed by atoms with Crippen molar-refractivity contribution >= 4 is 44.8 Å². The lowest BCUT2D eigenvalue weighted by Gasteiger charge is -2.38. The summed E-state index contributed by atoms with van der Waals surface area (Å²) in [7, 11) is -4.34. The molecule has 0 aliphatic heterocycles. The van der Waals surface area contributed by atoms with Crippen LogP contribution >= 0.6 is 0 Å². The van der Waals surface area contributed by atoms with E-state index < -0.39 is 57.1 Å². The Labute approximate surface area is 401 Å². The molecular weight excluding hydrogens is 895 g/mol. The number of carboxylic acids is 1. The van der Waals surface area contributed by atoms with E-state index in [1.165, 1.54) is 6.20 Å². The average molecular weight is 952 g/mol. The number of amides is 2. The standard InChI is InChI=1S/C53H57N7O8S/c1-35-29-36(2)47(37(3)30-35)69(66,67)58-44(49(63)64)33-56-48(62)43-34-59(27-16-25-55-51(65)68-52(4,5)6)45-31-38(23-24-42(45)46(43)61)32-57-50-54-26-28-60(50)53(39-17-10-7-11-18-39,40-19-12-8-13-20-40)41-21-14-9-15-22-41/h7-15,17-24,26,28-31,34,44,58H,16,25,27,32-33H2,1-6H3,(H,54,57)(H,55,65)(H,56,62)(H,63,64). The van der Waals surface area contributed by atoms with Crippen molar-refractivity contribution in [1.82, 2.24) is 29.5 Å². The molecule has 5 aromatic carbocycles. The predicted molar refractivity (Wildman–Crippen MR) is 266 cm³/mol. The lowest BCUT2D eigenvalue weighted by molar-refractivity contribution is -0.138. The zero-order chi connectivity index (χ0) is 49.5. The number of anilines is 1. The third kappa shape index (κ3) is 11.1. The van der Waals surface area contributed by atoms with Crippen LogP contribution in [0.25, 0.3) is 10.9 Å². The summed E-state index contributed by atoms with van der Waals surface area (Å²) >= 11 is 0. The van der Waals surface area contributed by atoms with Crippen LogP contribution in [0.1, 0.15) is 76.5 Å². The fourth-order valence-electron chi connectivity index (χ4n) is 8.79. The zero-order valence-electron chi connectivity index (χ0n) is 39.4. The van der Waals surface area contributed by atoms with Gasteiger partial charge < -0.3 is 30.4 Å². The molecule has 2 aromatic heterocycles. The molecule has 0 fully saturated rings. The third-order valence-corrected chi connectivity index (χ3v) is 13.4. The summed E-state index contributed by atoms with van der Waals surface area (Å²) in [6.45, 7) is 10.4. The molecule has 7 rings (SSSR count). The number of aryl methyl sites for hydroxylation is 4. The average Bonchev–Trinajstić information content (AvgIpc) is 3.78. The van der Waals surface area contributed by atoms with Crippen LogP contribution in [0, 0.1) is 20.8 Å². The number of hydrogen-bond donors (Lipinski definition) is 5. The molecule has 2 heterocycles. The Hall–Kier alpha value is -7.56. The van der Waals surface area contributed by atoms with Gasteiger partial charge in [-0.2, -0.15) is 4.72 Å². The number of rotatable bonds is 18. The highest BCUT2D eigenvalue weighted by molar-refractivity contribution is 7.89. The summed E-state index contributed by atoms with van der Waals surface area (Å²) in [5.74, 6) is -1.84. The first kappa shape index (κ1) is 49.3. The molecule has 69 heavy (non-hydrogen) atoms. The minimum Gasteiger partial charge on any atom is -0.480 e. The van der Waals surface area contributed by atoms with Gasteiger partial charge in [-0.1, -0.05) is 115 Å². The molecule has 5 N–H and O–H groups in total. The van der Waals surface area contributed by atoms with Crippen LogP contribution in [0.4, 0.5) is 10.7 Å². The number of nitrogens with zero attached hydrogens (tertiary/aromatic N) is 3. The van der Waals surface area contributed by atoms with E-state index in [1.807, 2.05) is 73.8 Å². The number of pyridine rings is 1. The third-order valence-electron chi connectivity index (χ3n) is 11.6. The Balaban J connectivity index is 1.19. The van der Waals surface area contributed by atoms with Crippen LogP contribution < -0.4 is 26.1 Å². The van der Waals surface area contributed by atoms with Gasteiger partial charge in [-0.25, -0.2) is 18.2 Å². The number of benzene rings is 5. The van der Waals surface area contributed by atoms with Crippen molar-refractivity contribution in [2.24, 2.45) is 0 Å². The van der Waals surface area contributed by atoms with Crippen LogP contribution in [0.5, 0.6) is 0 Å². The van der Waals surface area contributed by atoms with E-state index in [0.717, 1.165) is 27.8 Å². The van der Waals surface area contributed by atoms with Crippen molar-refractivity contribution in [3.05, 3.63) is 195 Å². The van der Waals surface area contributed by atoms with Crippen LogP contribution in [-0.2, 0) is 38.2 Å². The van der Waals surface area contributed by atoms with Crippen molar-refractivity contribution < 1.29 is 32.6 Å². The van der Waals surface area contributed by atoms with E-state index in [4.69, 9.17) is 9.72 Å². The number of aromatic nitrogens is 3. The summed E-state index contributed by atoms with van der Waals surface area (Å²) < 4.78 is 38.4. The van der Waals surface area contributed by atoms with Gasteiger partial charge in [-0.05, 0) is 93.5 Å². The van der Waals surface area contributed by atoms with Gasteiger partial charge in [0.05, 0.1) is 10.4 Å². The molecule has 0 saturated carbocycles. The molecule has 1 atom stereocenters. The summed E-state index contributed by atoms with van der Waals surface area (Å²) in [4.78, 5) is 57.6. The number of hydrogen-bond acceptors (Lipinski definition) is 9. The van der Waals surface area contributed by atoms with E-state index in [0.29, 0.717) is 29.0 Å². The number of alkyl carbamates (subject to hydrolysis) is 1. The van der Waals surface area contributed by atoms with E-state index in [-0.39, 0.29) is 35.5 Å². The molecule has 358 valence electrons. The van der Waals surface area contributed by atoms with E-state index in [9.17, 15) is 32.7 Å². The SMILES string of the molecule is Cc1cc(C)c(S(=O)(=O)NC(CNC(=O)c2cn(CCCNC(=O)OC(C)(C)C)c3cc(CNc4nccn4C(c4ccccc4)(c4ccccc4)c4ccccc4)ccc3c2=O)C(=O)O)c(C)c1. The fourth-order valence-corrected chi connectivity index (χ4v) is 10.4. The first-order valence-corrected chi connectivity index (χ1v) is 24.1. The molecule has 0 bridgehead atoms. The Morgan fingerprint density at radius 3 is 1.93 bits per heavy atom. The molecule has 0 saturated heterocycles. The lowest BCUT2D eigenvalue weighted by atomic mass is 9.76. The van der Waals surface area contributed by atoms with Crippen molar-refractivity contribution in [1.29, 1.82) is 0 Å². The highest BCUT2D eigenvalue weighted by Crippen LogP contribution is 2.42. The van der Waals surface area contributed by atoms with Crippen molar-refractivity contribution in [2.45, 2.75) is 83.1 Å². The van der Waals surface area contributed by atoms with E-state index >= 15 is 0 Å². The largest absolute Gasteiger partial charge is 0.480 e. The maximum absolute atomic E-state index is 14.2. The topological polar surface area (TPSA) is 203 Å². The van der Waals surface area contributed by atoms with Gasteiger partial charge in [0.2, 0.25) is 21.4 Å². The van der Waals surface area contributed by atoms with Crippen molar-refractivity contribution in [3.8, 4) is 0 Å². The normalized spacial score (nSPS) is 12.3. The second-order valence-electron chi connectivity index (χ2n) is 17.9. The fraction of sp³-hybridized carbons (Fsp3) is 0.264. The summed E-state index contributed by atoms with van der Waals surface area (Å²) in [5, 5.41) is 19.0. The maximum atomic E-state index is 14.2. The van der Waals surface area contributed by atoms with Crippen LogP contribution in [0.15, 0.2) is 150 Å². The minimum absolute atomic E-state index is 0.0521. The summed E-state index contributed by atoms with van der Waals surface area (Å²) in [5.41, 5.74) is 3.64. The highest BCUT2D eigenvalue weighted by atomic mass is 32.2. The smallest absolute Gasteiger partial charge is 0.407 e. The van der Waals surface area contributed by atoms with Gasteiger partial charge in [0.15, 0.2) is 0 Å². The quantitative estimate of drug-likeness (QED) is 0.0420. The van der Waals surface area contributed by atoms with Crippen LogP contribution in [0.2, 0.25) is 0 Å². The van der Waals surface area contributed by atoms with Crippen molar-refractivity contribution in [3.63, 3.8) is 0 Å². The van der Waals surface area contributed by atoms with Crippen LogP contribution in [-0.4, -0.2) is 70.3 Å². The van der Waals surface area contributed by atoms with Gasteiger partial charge in [0.25, 0.3) is 5.91 Å². The zero-order valence-corrected chi connectivity index (χ0v) is 40.3. The summed E-state index contributed by atoms with van der Waals surface area (Å²) in [6.07, 6.45) is 4.88. The number of carbonyl (C=O) groups is 3. The Bertz CT molecular complexity index is 3030.